The van der Waals surface area contributed by atoms with Crippen LogP contribution in [0.5, 0.6) is 0 Å². The topological polar surface area (TPSA) is 110 Å². The number of hydrogen-bond acceptors (Lipinski definition) is 5. The van der Waals surface area contributed by atoms with Crippen molar-refractivity contribution in [3.8, 4) is 0 Å². The maximum absolute atomic E-state index is 12.4. The van der Waals surface area contributed by atoms with Crippen molar-refractivity contribution >= 4 is 24.9 Å². The summed E-state index contributed by atoms with van der Waals surface area (Å²) in [7, 11) is -4.52. The fourth-order valence-electron chi connectivity index (χ4n) is 3.75. The highest BCUT2D eigenvalue weighted by Gasteiger charge is 2.27. The number of carbonyl (C=O) groups is 1. The van der Waals surface area contributed by atoms with Gasteiger partial charge in [0.1, 0.15) is 0 Å². The van der Waals surface area contributed by atoms with Gasteiger partial charge in [0.25, 0.3) is 0 Å². The van der Waals surface area contributed by atoms with E-state index in [2.05, 4.69) is 4.52 Å². The number of rotatable bonds is 12. The molecule has 160 valence electrons. The largest absolute Gasteiger partial charge is 0.469 e. The van der Waals surface area contributed by atoms with Crippen molar-refractivity contribution in [2.75, 3.05) is 6.61 Å². The summed E-state index contributed by atoms with van der Waals surface area (Å²) in [6, 6.07) is 3.85. The average Bonchev–Trinajstić information content (AvgIpc) is 3.14. The lowest BCUT2D eigenvalue weighted by Crippen LogP contribution is -2.44. The molecular weight excluding hydrogens is 397 g/mol. The van der Waals surface area contributed by atoms with Crippen molar-refractivity contribution in [2.24, 2.45) is 11.7 Å². The Hall–Kier alpha value is -0.560. The third-order valence-electron chi connectivity index (χ3n) is 5.77. The summed E-state index contributed by atoms with van der Waals surface area (Å²) in [5.74, 6) is 1.02. The Morgan fingerprint density at radius 1 is 1.32 bits per heavy atom. The van der Waals surface area contributed by atoms with Gasteiger partial charge < -0.3 is 15.5 Å². The van der Waals surface area contributed by atoms with Gasteiger partial charge in [-0.15, -0.1) is 11.3 Å². The van der Waals surface area contributed by atoms with Gasteiger partial charge >= 0.3 is 7.82 Å². The molecule has 0 aliphatic heterocycles. The van der Waals surface area contributed by atoms with Gasteiger partial charge in [-0.2, -0.15) is 0 Å². The van der Waals surface area contributed by atoms with Crippen molar-refractivity contribution < 1.29 is 23.7 Å². The monoisotopic (exact) mass is 431 g/mol. The molecule has 0 spiro atoms. The average molecular weight is 432 g/mol. The first-order valence-electron chi connectivity index (χ1n) is 10.3. The van der Waals surface area contributed by atoms with Crippen molar-refractivity contribution in [1.82, 2.24) is 0 Å². The van der Waals surface area contributed by atoms with Gasteiger partial charge in [-0.3, -0.25) is 9.32 Å². The van der Waals surface area contributed by atoms with Crippen LogP contribution in [0.25, 0.3) is 0 Å². The molecule has 1 aromatic heterocycles. The number of hydrogen-bond donors (Lipinski definition) is 3. The Morgan fingerprint density at radius 3 is 2.68 bits per heavy atom. The van der Waals surface area contributed by atoms with E-state index in [1.165, 1.54) is 43.4 Å². The Labute approximate surface area is 172 Å². The first kappa shape index (κ1) is 23.7. The van der Waals surface area contributed by atoms with Crippen LogP contribution in [0.4, 0.5) is 0 Å². The molecule has 0 aromatic carbocycles. The van der Waals surface area contributed by atoms with Crippen LogP contribution in [0.1, 0.15) is 85.7 Å². The van der Waals surface area contributed by atoms with E-state index in [1.54, 1.807) is 0 Å². The van der Waals surface area contributed by atoms with E-state index in [0.29, 0.717) is 25.7 Å². The van der Waals surface area contributed by atoms with E-state index in [1.807, 2.05) is 19.1 Å². The number of phosphoric acid groups is 1. The number of nitrogens with two attached hydrogens (primary N) is 1. The number of thiophene rings is 1. The predicted molar refractivity (Wildman–Crippen MR) is 113 cm³/mol. The lowest BCUT2D eigenvalue weighted by molar-refractivity contribution is 0.0980. The van der Waals surface area contributed by atoms with Gasteiger partial charge in [0.15, 0.2) is 5.78 Å². The van der Waals surface area contributed by atoms with E-state index < -0.39 is 13.4 Å². The molecule has 0 amide bonds. The molecule has 2 rings (SSSR count). The van der Waals surface area contributed by atoms with Crippen LogP contribution < -0.4 is 5.73 Å². The third-order valence-corrected chi connectivity index (χ3v) is 7.42. The number of ketones is 1. The highest BCUT2D eigenvalue weighted by Crippen LogP contribution is 2.37. The molecule has 4 N–H and O–H groups in total. The predicted octanol–water partition coefficient (Wildman–Crippen LogP) is 4.83. The number of aryl methyl sites for hydroxylation is 1. The van der Waals surface area contributed by atoms with Gasteiger partial charge in [0, 0.05) is 16.8 Å². The lowest BCUT2D eigenvalue weighted by Gasteiger charge is -2.27. The molecule has 1 saturated carbocycles. The van der Waals surface area contributed by atoms with Crippen LogP contribution in [0, 0.1) is 5.92 Å². The van der Waals surface area contributed by atoms with Crippen LogP contribution >= 0.6 is 19.2 Å². The molecule has 1 aromatic rings. The highest BCUT2D eigenvalue weighted by atomic mass is 32.1. The maximum atomic E-state index is 12.4. The van der Waals surface area contributed by atoms with E-state index in [4.69, 9.17) is 15.5 Å². The zero-order chi connectivity index (χ0) is 20.6. The quantitative estimate of drug-likeness (QED) is 0.323. The second kappa shape index (κ2) is 11.0. The Morgan fingerprint density at radius 2 is 2.04 bits per heavy atom. The van der Waals surface area contributed by atoms with Crippen molar-refractivity contribution in [3.63, 3.8) is 0 Å². The molecule has 1 heterocycles. The smallest absolute Gasteiger partial charge is 0.323 e. The van der Waals surface area contributed by atoms with E-state index in [-0.39, 0.29) is 12.4 Å². The summed E-state index contributed by atoms with van der Waals surface area (Å²) >= 11 is 1.50. The Balaban J connectivity index is 1.77. The summed E-state index contributed by atoms with van der Waals surface area (Å²) in [4.78, 5) is 32.1. The summed E-state index contributed by atoms with van der Waals surface area (Å²) in [5.41, 5.74) is 5.43. The summed E-state index contributed by atoms with van der Waals surface area (Å²) in [6.07, 6.45) is 11.2. The molecule has 0 saturated heterocycles. The van der Waals surface area contributed by atoms with Crippen molar-refractivity contribution in [3.05, 3.63) is 21.9 Å². The minimum Gasteiger partial charge on any atom is -0.323 e. The van der Waals surface area contributed by atoms with Crippen LogP contribution in [-0.4, -0.2) is 27.7 Å². The fraction of sp³-hybridized carbons (Fsp3) is 0.750. The summed E-state index contributed by atoms with van der Waals surface area (Å²) in [6.45, 7) is 1.69. The van der Waals surface area contributed by atoms with Crippen LogP contribution in [-0.2, 0) is 15.5 Å². The minimum absolute atomic E-state index is 0.188. The molecule has 28 heavy (non-hydrogen) atoms. The SMILES string of the molecule is CCC(N)(CCc1ccc(C(=O)CCCC2CCCCC2)s1)COP(=O)(O)O. The molecule has 0 bridgehead atoms. The second-order valence-electron chi connectivity index (χ2n) is 8.07. The standard InChI is InChI=1S/C20H34NO5PS/c1-2-20(21,15-26-27(23,24)25)14-13-17-11-12-19(28-17)18(22)10-6-9-16-7-4-3-5-8-16/h11-12,16H,2-10,13-15,21H2,1H3,(H2,23,24,25). The lowest BCUT2D eigenvalue weighted by atomic mass is 9.85. The molecular formula is C20H34NO5PS. The van der Waals surface area contributed by atoms with Crippen LogP contribution in [0.2, 0.25) is 0 Å². The molecule has 1 atom stereocenters. The molecule has 8 heteroatoms. The molecule has 0 radical (unpaired) electrons. The van der Waals surface area contributed by atoms with Gasteiger partial charge in [0.2, 0.25) is 0 Å². The second-order valence-corrected chi connectivity index (χ2v) is 10.5. The summed E-state index contributed by atoms with van der Waals surface area (Å²) in [5, 5.41) is 0. The zero-order valence-electron chi connectivity index (χ0n) is 16.8. The van der Waals surface area contributed by atoms with Gasteiger partial charge in [-0.25, -0.2) is 4.57 Å². The van der Waals surface area contributed by atoms with Gasteiger partial charge in [0.05, 0.1) is 11.5 Å². The number of carbonyl (C=O) groups excluding carboxylic acids is 1. The van der Waals surface area contributed by atoms with E-state index in [0.717, 1.165) is 28.5 Å². The molecule has 1 unspecified atom stereocenters. The first-order valence-corrected chi connectivity index (χ1v) is 12.7. The van der Waals surface area contributed by atoms with Gasteiger partial charge in [-0.05, 0) is 43.7 Å². The van der Waals surface area contributed by atoms with Crippen molar-refractivity contribution in [2.45, 2.75) is 83.1 Å². The van der Waals surface area contributed by atoms with E-state index >= 15 is 0 Å². The molecule has 1 aliphatic rings. The number of phosphoric ester groups is 1. The Bertz CT molecular complexity index is 667. The first-order chi connectivity index (χ1) is 13.2. The zero-order valence-corrected chi connectivity index (χ0v) is 18.5. The van der Waals surface area contributed by atoms with Gasteiger partial charge in [-0.1, -0.05) is 45.4 Å². The summed E-state index contributed by atoms with van der Waals surface area (Å²) < 4.78 is 15.5. The third kappa shape index (κ3) is 8.44. The van der Waals surface area contributed by atoms with Crippen LogP contribution in [0.3, 0.4) is 0 Å². The van der Waals surface area contributed by atoms with Crippen molar-refractivity contribution in [1.29, 1.82) is 0 Å². The normalized spacial score (nSPS) is 18.1. The van der Waals surface area contributed by atoms with E-state index in [9.17, 15) is 9.36 Å². The molecule has 1 aliphatic carbocycles. The maximum Gasteiger partial charge on any atom is 0.469 e. The number of Topliss-reactive ketones (excluding diaryl/α,β-unsaturated/α-hetero) is 1. The molecule has 6 nitrogen and oxygen atoms in total. The van der Waals surface area contributed by atoms with Crippen LogP contribution in [0.15, 0.2) is 12.1 Å². The fourth-order valence-corrected chi connectivity index (χ4v) is 5.15. The molecule has 1 fully saturated rings. The minimum atomic E-state index is -4.52. The Kier molecular flexibility index (Phi) is 9.32. The highest BCUT2D eigenvalue weighted by molar-refractivity contribution is 7.46.